The Balaban J connectivity index is 0.000000617. The fraction of sp³-hybridized carbons (Fsp3) is 0.231. The van der Waals surface area contributed by atoms with E-state index in [0.29, 0.717) is 0 Å². The number of hydrogen-bond donors (Lipinski definition) is 1. The first-order chi connectivity index (χ1) is 6.90. The summed E-state index contributed by atoms with van der Waals surface area (Å²) < 4.78 is 0. The number of aromatic amines is 1. The third kappa shape index (κ3) is 2.25. The summed E-state index contributed by atoms with van der Waals surface area (Å²) in [6, 6.07) is 10.4. The second-order valence-electron chi connectivity index (χ2n) is 2.87. The molecule has 1 aromatic heterocycles. The Morgan fingerprint density at radius 1 is 1.36 bits per heavy atom. The second kappa shape index (κ2) is 5.28. The van der Waals surface area contributed by atoms with Crippen molar-refractivity contribution in [2.24, 2.45) is 0 Å². The third-order valence-electron chi connectivity index (χ3n) is 1.95. The van der Waals surface area contributed by atoms with Gasteiger partial charge in [0, 0.05) is 19.1 Å². The van der Waals surface area contributed by atoms with Crippen LogP contribution in [0.1, 0.15) is 21.0 Å². The molecule has 0 aliphatic rings. The molecule has 0 aliphatic heterocycles. The van der Waals surface area contributed by atoms with E-state index in [1.807, 2.05) is 32.1 Å². The molecule has 14 heavy (non-hydrogen) atoms. The monoisotopic (exact) mass is 189 g/mol. The molecular weight excluding hydrogens is 170 g/mol. The van der Waals surface area contributed by atoms with Crippen molar-refractivity contribution in [3.05, 3.63) is 48.7 Å². The smallest absolute Gasteiger partial charge is 0.0456 e. The molecule has 1 N–H and O–H groups in total. The quantitative estimate of drug-likeness (QED) is 0.682. The number of aromatic nitrogens is 1. The zero-order valence-electron chi connectivity index (χ0n) is 8.88. The molecule has 1 heteroatoms. The zero-order chi connectivity index (χ0) is 10.4. The van der Waals surface area contributed by atoms with Crippen molar-refractivity contribution in [2.75, 3.05) is 0 Å². The van der Waals surface area contributed by atoms with E-state index in [-0.39, 0.29) is 1.43 Å². The van der Waals surface area contributed by atoms with E-state index in [1.54, 1.807) is 0 Å². The summed E-state index contributed by atoms with van der Waals surface area (Å²) >= 11 is 0. The number of benzene rings is 1. The van der Waals surface area contributed by atoms with Gasteiger partial charge in [0.1, 0.15) is 0 Å². The molecule has 0 spiro atoms. The molecule has 1 heterocycles. The van der Waals surface area contributed by atoms with Crippen LogP contribution < -0.4 is 0 Å². The predicted molar refractivity (Wildman–Crippen MR) is 65.7 cm³/mol. The van der Waals surface area contributed by atoms with Crippen molar-refractivity contribution >= 4 is 10.9 Å². The Bertz CT molecular complexity index is 371. The molecule has 0 radical (unpaired) electrons. The lowest BCUT2D eigenvalue weighted by atomic mass is 10.2. The Hall–Kier alpha value is -1.50. The van der Waals surface area contributed by atoms with Crippen molar-refractivity contribution in [3.8, 4) is 0 Å². The van der Waals surface area contributed by atoms with Crippen LogP contribution in [0.3, 0.4) is 0 Å². The maximum absolute atomic E-state index is 3.71. The number of fused-ring (bicyclic) bond motifs is 1. The zero-order valence-corrected chi connectivity index (χ0v) is 8.88. The molecule has 2 rings (SSSR count). The minimum absolute atomic E-state index is 0. The van der Waals surface area contributed by atoms with Gasteiger partial charge in [-0.2, -0.15) is 0 Å². The van der Waals surface area contributed by atoms with Crippen molar-refractivity contribution in [1.82, 2.24) is 4.98 Å². The highest BCUT2D eigenvalue weighted by atomic mass is 14.7. The average molecular weight is 189 g/mol. The largest absolute Gasteiger partial charge is 0.358 e. The van der Waals surface area contributed by atoms with E-state index in [1.165, 1.54) is 16.6 Å². The van der Waals surface area contributed by atoms with Gasteiger partial charge < -0.3 is 4.98 Å². The number of allylic oxidation sites excluding steroid dienone is 1. The molecular formula is C13H19N. The number of para-hydroxylation sites is 1. The lowest BCUT2D eigenvalue weighted by molar-refractivity contribution is 1.17. The van der Waals surface area contributed by atoms with Crippen LogP contribution in [0, 0.1) is 0 Å². The SMILES string of the molecule is C=CCc1cc2ccccc2[nH]1.CC.[HH]. The number of H-pyrrole nitrogens is 1. The van der Waals surface area contributed by atoms with Crippen LogP contribution in [-0.4, -0.2) is 4.98 Å². The first-order valence-electron chi connectivity index (χ1n) is 5.07. The third-order valence-corrected chi connectivity index (χ3v) is 1.95. The number of nitrogens with one attached hydrogen (secondary N) is 1. The van der Waals surface area contributed by atoms with Crippen LogP contribution in [0.2, 0.25) is 0 Å². The van der Waals surface area contributed by atoms with Gasteiger partial charge in [-0.3, -0.25) is 0 Å². The molecule has 0 amide bonds. The van der Waals surface area contributed by atoms with Gasteiger partial charge in [-0.1, -0.05) is 38.1 Å². The number of hydrogen-bond acceptors (Lipinski definition) is 0. The summed E-state index contributed by atoms with van der Waals surface area (Å²) in [5.41, 5.74) is 2.43. The van der Waals surface area contributed by atoms with Crippen LogP contribution in [-0.2, 0) is 6.42 Å². The standard InChI is InChI=1S/C11H11N.C2H6.H2/c1-2-5-10-8-9-6-3-4-7-11(9)12-10;1-2;/h2-4,6-8,12H,1,5H2;1-2H3;1H. The van der Waals surface area contributed by atoms with Gasteiger partial charge in [0.15, 0.2) is 0 Å². The Labute approximate surface area is 86.9 Å². The summed E-state index contributed by atoms with van der Waals surface area (Å²) in [6.07, 6.45) is 2.82. The van der Waals surface area contributed by atoms with E-state index < -0.39 is 0 Å². The molecule has 0 saturated carbocycles. The molecule has 0 fully saturated rings. The van der Waals surface area contributed by atoms with Gasteiger partial charge >= 0.3 is 0 Å². The molecule has 76 valence electrons. The van der Waals surface area contributed by atoms with Gasteiger partial charge in [0.25, 0.3) is 0 Å². The molecule has 1 aromatic carbocycles. The van der Waals surface area contributed by atoms with Gasteiger partial charge in [-0.25, -0.2) is 0 Å². The average Bonchev–Trinajstić information content (AvgIpc) is 2.63. The molecule has 1 nitrogen and oxygen atoms in total. The van der Waals surface area contributed by atoms with Gasteiger partial charge in [-0.15, -0.1) is 6.58 Å². The fourth-order valence-electron chi connectivity index (χ4n) is 1.40. The van der Waals surface area contributed by atoms with Gasteiger partial charge in [0.05, 0.1) is 0 Å². The summed E-state index contributed by atoms with van der Waals surface area (Å²) in [4.78, 5) is 3.33. The maximum Gasteiger partial charge on any atom is 0.0456 e. The van der Waals surface area contributed by atoms with Crippen molar-refractivity contribution in [2.45, 2.75) is 20.3 Å². The summed E-state index contributed by atoms with van der Waals surface area (Å²) in [6.45, 7) is 7.71. The lowest BCUT2D eigenvalue weighted by Crippen LogP contribution is -1.76. The van der Waals surface area contributed by atoms with Gasteiger partial charge in [0.2, 0.25) is 0 Å². The van der Waals surface area contributed by atoms with Crippen LogP contribution in [0.25, 0.3) is 10.9 Å². The summed E-state index contributed by atoms with van der Waals surface area (Å²) in [7, 11) is 0. The highest BCUT2D eigenvalue weighted by molar-refractivity contribution is 5.80. The first kappa shape index (κ1) is 10.6. The van der Waals surface area contributed by atoms with Crippen LogP contribution in [0.5, 0.6) is 0 Å². The molecule has 0 bridgehead atoms. The normalized spacial score (nSPS) is 9.29. The molecule has 0 unspecified atom stereocenters. The Morgan fingerprint density at radius 2 is 2.07 bits per heavy atom. The first-order valence-corrected chi connectivity index (χ1v) is 5.07. The summed E-state index contributed by atoms with van der Waals surface area (Å²) in [5, 5.41) is 1.27. The minimum atomic E-state index is 0. The molecule has 0 atom stereocenters. The van der Waals surface area contributed by atoms with Crippen molar-refractivity contribution in [1.29, 1.82) is 0 Å². The number of rotatable bonds is 2. The van der Waals surface area contributed by atoms with Crippen molar-refractivity contribution in [3.63, 3.8) is 0 Å². The maximum atomic E-state index is 3.71. The second-order valence-corrected chi connectivity index (χ2v) is 2.87. The van der Waals surface area contributed by atoms with Crippen LogP contribution in [0.15, 0.2) is 43.0 Å². The molecule has 0 saturated heterocycles. The lowest BCUT2D eigenvalue weighted by Gasteiger charge is -1.86. The Kier molecular flexibility index (Phi) is 3.99. The Morgan fingerprint density at radius 3 is 2.71 bits per heavy atom. The molecule has 0 aliphatic carbocycles. The van der Waals surface area contributed by atoms with E-state index in [2.05, 4.69) is 29.8 Å². The highest BCUT2D eigenvalue weighted by Crippen LogP contribution is 2.14. The highest BCUT2D eigenvalue weighted by Gasteiger charge is 1.96. The van der Waals surface area contributed by atoms with E-state index in [4.69, 9.17) is 0 Å². The van der Waals surface area contributed by atoms with Crippen LogP contribution >= 0.6 is 0 Å². The van der Waals surface area contributed by atoms with Gasteiger partial charge in [-0.05, 0) is 17.5 Å². The summed E-state index contributed by atoms with van der Waals surface area (Å²) in [5.74, 6) is 0. The minimum Gasteiger partial charge on any atom is -0.358 e. The predicted octanol–water partition coefficient (Wildman–Crippen LogP) is 4.17. The van der Waals surface area contributed by atoms with Crippen molar-refractivity contribution < 1.29 is 1.43 Å². The van der Waals surface area contributed by atoms with E-state index in [9.17, 15) is 0 Å². The van der Waals surface area contributed by atoms with Crippen LogP contribution in [0.4, 0.5) is 0 Å². The van der Waals surface area contributed by atoms with E-state index >= 15 is 0 Å². The topological polar surface area (TPSA) is 15.8 Å². The molecule has 2 aromatic rings. The fourth-order valence-corrected chi connectivity index (χ4v) is 1.40. The van der Waals surface area contributed by atoms with E-state index in [0.717, 1.165) is 6.42 Å².